The highest BCUT2D eigenvalue weighted by atomic mass is 16.5. The first kappa shape index (κ1) is 22.5. The summed E-state index contributed by atoms with van der Waals surface area (Å²) < 4.78 is 27.5. The van der Waals surface area contributed by atoms with Crippen molar-refractivity contribution in [1.29, 1.82) is 0 Å². The van der Waals surface area contributed by atoms with E-state index in [2.05, 4.69) is 10.1 Å². The van der Waals surface area contributed by atoms with Gasteiger partial charge in [-0.15, -0.1) is 0 Å². The number of methoxy groups -OCH3 is 2. The Morgan fingerprint density at radius 2 is 1.88 bits per heavy atom. The molecule has 2 aliphatic rings. The van der Waals surface area contributed by atoms with Crippen LogP contribution in [0.25, 0.3) is 0 Å². The molecule has 1 amide bonds. The number of carbonyl (C=O) groups is 1. The summed E-state index contributed by atoms with van der Waals surface area (Å²) in [4.78, 5) is 19.4. The van der Waals surface area contributed by atoms with E-state index in [1.807, 2.05) is 4.90 Å². The molecule has 2 fully saturated rings. The van der Waals surface area contributed by atoms with Crippen LogP contribution in [0.15, 0.2) is 22.7 Å². The Morgan fingerprint density at radius 3 is 2.59 bits per heavy atom. The Morgan fingerprint density at radius 1 is 1.12 bits per heavy atom. The van der Waals surface area contributed by atoms with Gasteiger partial charge in [0.1, 0.15) is 11.5 Å². The van der Waals surface area contributed by atoms with Crippen LogP contribution < -0.4 is 9.47 Å². The lowest BCUT2D eigenvalue weighted by molar-refractivity contribution is 0.00250. The zero-order valence-corrected chi connectivity index (χ0v) is 18.7. The number of piperidine rings is 1. The molecule has 0 spiro atoms. The third kappa shape index (κ3) is 5.58. The molecule has 0 saturated carbocycles. The van der Waals surface area contributed by atoms with E-state index in [-0.39, 0.29) is 12.0 Å². The molecule has 2 saturated heterocycles. The van der Waals surface area contributed by atoms with Crippen molar-refractivity contribution < 1.29 is 28.3 Å². The van der Waals surface area contributed by atoms with Gasteiger partial charge in [0.05, 0.1) is 26.9 Å². The second-order valence-corrected chi connectivity index (χ2v) is 8.17. The summed E-state index contributed by atoms with van der Waals surface area (Å²) in [5, 5.41) is 4.09. The molecule has 1 atom stereocenters. The van der Waals surface area contributed by atoms with Gasteiger partial charge in [0.2, 0.25) is 5.89 Å². The van der Waals surface area contributed by atoms with Crippen LogP contribution in [-0.2, 0) is 15.9 Å². The van der Waals surface area contributed by atoms with Crippen LogP contribution >= 0.6 is 0 Å². The minimum Gasteiger partial charge on any atom is -0.497 e. The van der Waals surface area contributed by atoms with Gasteiger partial charge in [-0.3, -0.25) is 4.79 Å². The van der Waals surface area contributed by atoms with E-state index >= 15 is 0 Å². The summed E-state index contributed by atoms with van der Waals surface area (Å²) in [7, 11) is 3.15. The monoisotopic (exact) mass is 445 g/mol. The molecule has 0 radical (unpaired) electrons. The Hall–Kier alpha value is -2.65. The molecule has 9 heteroatoms. The number of ether oxygens (including phenoxy) is 4. The van der Waals surface area contributed by atoms with E-state index in [0.29, 0.717) is 60.8 Å². The predicted molar refractivity (Wildman–Crippen MR) is 115 cm³/mol. The largest absolute Gasteiger partial charge is 0.497 e. The first-order valence-electron chi connectivity index (χ1n) is 11.2. The number of carbonyl (C=O) groups excluding carboxylic acids is 1. The molecule has 1 unspecified atom stereocenters. The van der Waals surface area contributed by atoms with Gasteiger partial charge in [-0.05, 0) is 37.8 Å². The Labute approximate surface area is 188 Å². The summed E-state index contributed by atoms with van der Waals surface area (Å²) in [6.07, 6.45) is 4.23. The number of hydrogen-bond donors (Lipinski definition) is 0. The fraction of sp³-hybridized carbons (Fsp3) is 0.609. The second-order valence-electron chi connectivity index (χ2n) is 8.17. The van der Waals surface area contributed by atoms with Crippen LogP contribution in [0, 0.1) is 0 Å². The number of rotatable bonds is 8. The SMILES string of the molecule is COc1cc(OC)cc(C(=O)N2CCCC(OCCc3noc(C4CCOCC4)n3)C2)c1. The van der Waals surface area contributed by atoms with Crippen molar-refractivity contribution in [3.8, 4) is 11.5 Å². The number of amides is 1. The molecular formula is C23H31N3O6. The van der Waals surface area contributed by atoms with Crippen LogP contribution in [0.3, 0.4) is 0 Å². The lowest BCUT2D eigenvalue weighted by Gasteiger charge is -2.32. The average Bonchev–Trinajstić information content (AvgIpc) is 3.33. The molecule has 2 aromatic rings. The number of benzene rings is 1. The zero-order chi connectivity index (χ0) is 22.3. The summed E-state index contributed by atoms with van der Waals surface area (Å²) in [6.45, 7) is 3.23. The smallest absolute Gasteiger partial charge is 0.254 e. The van der Waals surface area contributed by atoms with Crippen LogP contribution in [0.1, 0.15) is 53.7 Å². The van der Waals surface area contributed by atoms with Gasteiger partial charge in [0, 0.05) is 50.3 Å². The first-order valence-corrected chi connectivity index (χ1v) is 11.2. The summed E-state index contributed by atoms with van der Waals surface area (Å²) in [5.41, 5.74) is 0.550. The van der Waals surface area contributed by atoms with Crippen molar-refractivity contribution in [2.45, 2.75) is 44.1 Å². The van der Waals surface area contributed by atoms with Crippen LogP contribution in [0.5, 0.6) is 11.5 Å². The second kappa shape index (κ2) is 10.8. The Kier molecular flexibility index (Phi) is 7.59. The van der Waals surface area contributed by atoms with Gasteiger partial charge < -0.3 is 28.4 Å². The maximum Gasteiger partial charge on any atom is 0.254 e. The number of likely N-dealkylation sites (tertiary alicyclic amines) is 1. The minimum absolute atomic E-state index is 0.0120. The van der Waals surface area contributed by atoms with Crippen molar-refractivity contribution in [3.05, 3.63) is 35.5 Å². The van der Waals surface area contributed by atoms with E-state index in [1.165, 1.54) is 0 Å². The normalized spacial score (nSPS) is 19.7. The zero-order valence-electron chi connectivity index (χ0n) is 18.7. The standard InChI is InChI=1S/C23H31N3O6/c1-28-19-12-17(13-20(14-19)29-2)23(27)26-8-3-4-18(15-26)31-11-7-21-24-22(32-25-21)16-5-9-30-10-6-16/h12-14,16,18H,3-11,15H2,1-2H3. The lowest BCUT2D eigenvalue weighted by Crippen LogP contribution is -2.43. The molecule has 3 heterocycles. The van der Waals surface area contributed by atoms with Gasteiger partial charge in [-0.1, -0.05) is 5.16 Å². The molecule has 9 nitrogen and oxygen atoms in total. The molecule has 1 aromatic heterocycles. The van der Waals surface area contributed by atoms with Crippen molar-refractivity contribution in [3.63, 3.8) is 0 Å². The van der Waals surface area contributed by atoms with Crippen molar-refractivity contribution in [2.75, 3.05) is 47.1 Å². The van der Waals surface area contributed by atoms with Gasteiger partial charge in [0.25, 0.3) is 5.91 Å². The van der Waals surface area contributed by atoms with E-state index in [4.69, 9.17) is 23.5 Å². The highest BCUT2D eigenvalue weighted by Crippen LogP contribution is 2.26. The molecular weight excluding hydrogens is 414 g/mol. The number of nitrogens with zero attached hydrogens (tertiary/aromatic N) is 3. The van der Waals surface area contributed by atoms with E-state index < -0.39 is 0 Å². The quantitative estimate of drug-likeness (QED) is 0.612. The summed E-state index contributed by atoms with van der Waals surface area (Å²) in [5.74, 6) is 2.80. The van der Waals surface area contributed by atoms with Crippen molar-refractivity contribution >= 4 is 5.91 Å². The molecule has 4 rings (SSSR count). The Bertz CT molecular complexity index is 873. The highest BCUT2D eigenvalue weighted by Gasteiger charge is 2.26. The van der Waals surface area contributed by atoms with Gasteiger partial charge in [-0.2, -0.15) is 4.98 Å². The van der Waals surface area contributed by atoms with Crippen LogP contribution in [0.4, 0.5) is 0 Å². The molecule has 32 heavy (non-hydrogen) atoms. The fourth-order valence-electron chi connectivity index (χ4n) is 4.17. The fourth-order valence-corrected chi connectivity index (χ4v) is 4.17. The maximum absolute atomic E-state index is 13.0. The van der Waals surface area contributed by atoms with E-state index in [1.54, 1.807) is 32.4 Å². The van der Waals surface area contributed by atoms with Crippen molar-refractivity contribution in [1.82, 2.24) is 15.0 Å². The predicted octanol–water partition coefficient (Wildman–Crippen LogP) is 2.84. The highest BCUT2D eigenvalue weighted by molar-refractivity contribution is 5.95. The molecule has 1 aromatic carbocycles. The molecule has 174 valence electrons. The van der Waals surface area contributed by atoms with Crippen molar-refractivity contribution in [2.24, 2.45) is 0 Å². The minimum atomic E-state index is -0.0465. The van der Waals surface area contributed by atoms with E-state index in [9.17, 15) is 4.79 Å². The number of aromatic nitrogens is 2. The summed E-state index contributed by atoms with van der Waals surface area (Å²) in [6, 6.07) is 5.23. The summed E-state index contributed by atoms with van der Waals surface area (Å²) >= 11 is 0. The number of hydrogen-bond acceptors (Lipinski definition) is 8. The van der Waals surface area contributed by atoms with Crippen LogP contribution in [0.2, 0.25) is 0 Å². The first-order chi connectivity index (χ1) is 15.7. The molecule has 0 N–H and O–H groups in total. The van der Waals surface area contributed by atoms with Gasteiger partial charge in [0.15, 0.2) is 5.82 Å². The topological polar surface area (TPSA) is 96.2 Å². The molecule has 2 aliphatic heterocycles. The lowest BCUT2D eigenvalue weighted by atomic mass is 10.0. The van der Waals surface area contributed by atoms with Gasteiger partial charge >= 0.3 is 0 Å². The Balaban J connectivity index is 1.28. The van der Waals surface area contributed by atoms with E-state index in [0.717, 1.165) is 38.9 Å². The average molecular weight is 446 g/mol. The van der Waals surface area contributed by atoms with Gasteiger partial charge in [-0.25, -0.2) is 0 Å². The maximum atomic E-state index is 13.0. The molecule has 0 aliphatic carbocycles. The third-order valence-electron chi connectivity index (χ3n) is 6.00. The third-order valence-corrected chi connectivity index (χ3v) is 6.00. The molecule has 0 bridgehead atoms. The van der Waals surface area contributed by atoms with Crippen LogP contribution in [-0.4, -0.2) is 74.2 Å².